The van der Waals surface area contributed by atoms with Gasteiger partial charge in [0.15, 0.2) is 51.8 Å². The second kappa shape index (κ2) is 40.9. The number of aryl methyl sites for hydroxylation is 1. The molecule has 121 heavy (non-hydrogen) atoms. The Hall–Kier alpha value is -11.2. The molecule has 2 aromatic heterocycles. The maximum Gasteiger partial charge on any atom is 0.416 e. The highest BCUT2D eigenvalue weighted by molar-refractivity contribution is 8.77. The molecule has 32 nitrogen and oxygen atoms in total. The van der Waals surface area contributed by atoms with Crippen molar-refractivity contribution in [2.24, 2.45) is 11.8 Å². The molecule has 4 fully saturated rings. The lowest BCUT2D eigenvalue weighted by Crippen LogP contribution is -2.45. The quantitative estimate of drug-likeness (QED) is 0.0111. The second-order valence-electron chi connectivity index (χ2n) is 29.8. The predicted octanol–water partition coefficient (Wildman–Crippen LogP) is 13.6. The van der Waals surface area contributed by atoms with Gasteiger partial charge in [0.25, 0.3) is 29.1 Å². The van der Waals surface area contributed by atoms with Crippen LogP contribution in [0, 0.1) is 39.0 Å². The molecule has 7 aliphatic rings. The van der Waals surface area contributed by atoms with Crippen molar-refractivity contribution in [3.63, 3.8) is 0 Å². The van der Waals surface area contributed by atoms with Gasteiger partial charge in [-0.15, -0.1) is 0 Å². The molecule has 3 N–H and O–H groups in total. The number of anilines is 2. The number of nitro groups is 2. The number of ether oxygens (including phenoxy) is 9. The molecule has 6 atom stereocenters. The lowest BCUT2D eigenvalue weighted by molar-refractivity contribution is -0.385. The summed E-state index contributed by atoms with van der Waals surface area (Å²) in [6.45, 7) is 19.8. The molecule has 1 unspecified atom stereocenters. The first kappa shape index (κ1) is 89.1. The van der Waals surface area contributed by atoms with Gasteiger partial charge < -0.3 is 67.5 Å². The Balaban J connectivity index is 0.000000222. The summed E-state index contributed by atoms with van der Waals surface area (Å²) in [7, 11) is 9.69. The summed E-state index contributed by atoms with van der Waals surface area (Å²) < 4.78 is 52.2. The van der Waals surface area contributed by atoms with Crippen LogP contribution in [-0.2, 0) is 31.9 Å². The number of unbranched alkanes of at least 4 members (excludes halogenated alkanes) is 4. The van der Waals surface area contributed by atoms with E-state index in [2.05, 4.69) is 41.6 Å². The standard InChI is InChI=1S/C43H46N4O11S2.C42H47N5O12S2/c1-24-14-30-31(15-24)42(51)46(43(52)58-12-13-59-60-39-9-8-28(22-44-39)47(53)54)33-21-36(26(3)17-32(33)40(30)49)56-10-6-5-7-11-57-38-19-27-18-35(48)34-16-25(2)23-45(34)41(50)29(27)20-37(38)55-4;1-25-14-29(24-48)45(22-25)41(51)31-19-36(56-4)38(20-32(31)44-42(52)59-12-13-60-61-39-9-8-28(21-43-39)47(53)54)58-11-7-5-6-10-57-37-17-27-16-34(49)33-15-26(2)23-46(33)40(50)30(27)18-35(37)55-3/h8-9,17,19-22,30-31,34,42,51H,1-2,5-7,10-16,18,23H2,3-4H3;8-9,17-21,29,33,48H,1-2,5-7,10-16,22-24H2,3-4H3,(H,44,52)/t30?,31-,34+,42+;29-,33-/m10/s1. The highest BCUT2D eigenvalue weighted by atomic mass is 33.1. The summed E-state index contributed by atoms with van der Waals surface area (Å²) in [5.74, 6) is 1.28. The zero-order valence-electron chi connectivity index (χ0n) is 67.2. The van der Waals surface area contributed by atoms with Crippen LogP contribution in [0.15, 0.2) is 144 Å². The fourth-order valence-electron chi connectivity index (χ4n) is 15.4. The van der Waals surface area contributed by atoms with Crippen molar-refractivity contribution in [3.05, 3.63) is 193 Å². The maximum atomic E-state index is 13.9. The smallest absolute Gasteiger partial charge is 0.416 e. The van der Waals surface area contributed by atoms with E-state index in [1.54, 1.807) is 46.2 Å². The minimum atomic E-state index is -1.34. The van der Waals surface area contributed by atoms with Gasteiger partial charge in [-0.05, 0) is 164 Å². The van der Waals surface area contributed by atoms with Gasteiger partial charge in [0.05, 0.1) is 99.3 Å². The van der Waals surface area contributed by atoms with E-state index in [9.17, 15) is 68.8 Å². The Morgan fingerprint density at radius 3 is 1.54 bits per heavy atom. The number of pyridine rings is 2. The van der Waals surface area contributed by atoms with E-state index in [-0.39, 0.29) is 115 Å². The van der Waals surface area contributed by atoms with Crippen LogP contribution in [0.25, 0.3) is 0 Å². The van der Waals surface area contributed by atoms with Crippen LogP contribution >= 0.6 is 43.2 Å². The number of carbonyl (C=O) groups excluding carboxylic acids is 8. The third-order valence-electron chi connectivity index (χ3n) is 21.4. The number of nitrogens with one attached hydrogen (secondary N) is 1. The molecular formula is C85H93N9O23S4. The number of ketones is 3. The molecule has 0 radical (unpaired) electrons. The third kappa shape index (κ3) is 21.4. The first-order valence-electron chi connectivity index (χ1n) is 39.2. The van der Waals surface area contributed by atoms with Crippen molar-refractivity contribution in [2.45, 2.75) is 125 Å². The van der Waals surface area contributed by atoms with Crippen LogP contribution in [0.3, 0.4) is 0 Å². The SMILES string of the molecule is C=C1CC2C(=O)c3cc(C)c(OCCCCCOc4cc5c(cc4OC)C(=O)N4CC(=C)C[C@H]4C(=O)C5)cc3N(C(=O)OCCSSc3ccc([N+](=O)[O-])cn3)[C@@H](O)[C@@H]2C1.C=C1C[C@@H](CO)N(C(=O)c2cc(OC)c(OCCCCCOc3cc4c(cc3OC)C(=O)N3CC(=C)C[C@H]3C(=O)C4)cc2NC(=O)OCCSSc2ccc([N+](=O)[O-])cn2)C1. The lowest BCUT2D eigenvalue weighted by atomic mass is 9.88. The molecule has 0 spiro atoms. The van der Waals surface area contributed by atoms with Crippen molar-refractivity contribution < 1.29 is 101 Å². The summed E-state index contributed by atoms with van der Waals surface area (Å²) in [4.78, 5) is 142. The number of methoxy groups -OCH3 is 3. The normalized spacial score (nSPS) is 18.9. The largest absolute Gasteiger partial charge is 0.493 e. The van der Waals surface area contributed by atoms with Gasteiger partial charge in [0, 0.05) is 96.8 Å². The Bertz CT molecular complexity index is 5030. The van der Waals surface area contributed by atoms with Crippen LogP contribution in [0.5, 0.6) is 40.2 Å². The van der Waals surface area contributed by atoms with Gasteiger partial charge in [0.2, 0.25) is 0 Å². The van der Waals surface area contributed by atoms with E-state index in [1.165, 1.54) is 118 Å². The van der Waals surface area contributed by atoms with E-state index >= 15 is 0 Å². The molecular weight excluding hydrogens is 1640 g/mol. The Labute approximate surface area is 713 Å². The molecule has 6 aliphatic heterocycles. The summed E-state index contributed by atoms with van der Waals surface area (Å²) in [6.07, 6.45) is 5.91. The number of amides is 5. The number of aliphatic hydroxyl groups excluding tert-OH is 2. The molecule has 0 bridgehead atoms. The molecule has 640 valence electrons. The summed E-state index contributed by atoms with van der Waals surface area (Å²) >= 11 is 0. The Morgan fingerprint density at radius 2 is 1.05 bits per heavy atom. The van der Waals surface area contributed by atoms with E-state index in [0.29, 0.717) is 181 Å². The van der Waals surface area contributed by atoms with Gasteiger partial charge in [-0.1, -0.05) is 70.2 Å². The predicted molar refractivity (Wildman–Crippen MR) is 453 cm³/mol. The number of hydrogen-bond donors (Lipinski definition) is 3. The van der Waals surface area contributed by atoms with Crippen LogP contribution in [-0.4, -0.2) is 215 Å². The number of nitrogens with zero attached hydrogens (tertiary/aromatic N) is 8. The summed E-state index contributed by atoms with van der Waals surface area (Å²) in [5.41, 5.74) is 6.66. The van der Waals surface area contributed by atoms with Crippen LogP contribution in [0.1, 0.15) is 129 Å². The average Bonchev–Trinajstić information content (AvgIpc) is 1.61. The van der Waals surface area contributed by atoms with Crippen molar-refractivity contribution in [2.75, 3.05) is 109 Å². The van der Waals surface area contributed by atoms with Crippen molar-refractivity contribution in [1.82, 2.24) is 24.7 Å². The highest BCUT2D eigenvalue weighted by Gasteiger charge is 2.49. The number of aliphatic hydroxyl groups is 2. The molecule has 8 heterocycles. The van der Waals surface area contributed by atoms with Gasteiger partial charge in [-0.25, -0.2) is 19.6 Å². The molecule has 13 rings (SSSR count). The van der Waals surface area contributed by atoms with E-state index in [1.807, 2.05) is 6.92 Å². The average molecular weight is 1740 g/mol. The van der Waals surface area contributed by atoms with Crippen molar-refractivity contribution in [3.8, 4) is 40.2 Å². The first-order chi connectivity index (χ1) is 58.2. The first-order valence-corrected chi connectivity index (χ1v) is 43.9. The van der Waals surface area contributed by atoms with Gasteiger partial charge in [0.1, 0.15) is 47.6 Å². The monoisotopic (exact) mass is 1740 g/mol. The number of carbonyl (C=O) groups is 8. The lowest BCUT2D eigenvalue weighted by Gasteiger charge is -2.31. The Morgan fingerprint density at radius 1 is 0.562 bits per heavy atom. The zero-order valence-corrected chi connectivity index (χ0v) is 70.5. The van der Waals surface area contributed by atoms with Crippen molar-refractivity contribution in [1.29, 1.82) is 0 Å². The van der Waals surface area contributed by atoms with Crippen LogP contribution in [0.4, 0.5) is 32.3 Å². The topological polar surface area (TPSA) is 397 Å². The fourth-order valence-corrected chi connectivity index (χ4v) is 18.8. The van der Waals surface area contributed by atoms with Crippen LogP contribution in [0.2, 0.25) is 0 Å². The molecule has 6 aromatic rings. The summed E-state index contributed by atoms with van der Waals surface area (Å²) in [6, 6.07) is 17.4. The highest BCUT2D eigenvalue weighted by Crippen LogP contribution is 2.48. The van der Waals surface area contributed by atoms with E-state index in [4.69, 9.17) is 42.6 Å². The minimum absolute atomic E-state index is 0.00965. The number of likely N-dealkylation sites (tertiary alicyclic amines) is 1. The summed E-state index contributed by atoms with van der Waals surface area (Å²) in [5, 5.41) is 47.2. The number of benzene rings is 4. The van der Waals surface area contributed by atoms with E-state index in [0.717, 1.165) is 33.6 Å². The third-order valence-corrected chi connectivity index (χ3v) is 25.9. The van der Waals surface area contributed by atoms with Gasteiger partial charge in [-0.2, -0.15) is 0 Å². The maximum absolute atomic E-state index is 13.9. The fraction of sp³-hybridized carbons (Fsp3) is 0.412. The molecule has 36 heteroatoms. The number of Topliss-reactive ketones (excluding diaryl/α,β-unsaturated/α-hetero) is 3. The molecule has 1 saturated carbocycles. The molecule has 5 amide bonds. The van der Waals surface area contributed by atoms with Crippen LogP contribution < -0.4 is 43.4 Å². The minimum Gasteiger partial charge on any atom is -0.493 e. The van der Waals surface area contributed by atoms with E-state index < -0.39 is 64.1 Å². The number of rotatable bonds is 34. The number of aromatic nitrogens is 2. The zero-order chi connectivity index (χ0) is 86.3. The molecule has 1 aliphatic carbocycles. The van der Waals surface area contributed by atoms with Gasteiger partial charge >= 0.3 is 12.2 Å². The number of allylic oxidation sites excluding steroid dienone is 1. The number of fused-ring (bicyclic) bond motifs is 6. The molecule has 3 saturated heterocycles. The second-order valence-corrected chi connectivity index (χ2v) is 34.7. The molecule has 4 aromatic carbocycles. The number of hydrogen-bond acceptors (Lipinski definition) is 29. The van der Waals surface area contributed by atoms with Crippen molar-refractivity contribution >= 4 is 113 Å². The Kier molecular flexibility index (Phi) is 30.1. The van der Waals surface area contributed by atoms with Gasteiger partial charge in [-0.3, -0.25) is 59.2 Å².